The Morgan fingerprint density at radius 2 is 1.74 bits per heavy atom. The molecule has 1 heteroatoms. The van der Waals surface area contributed by atoms with Crippen molar-refractivity contribution in [1.82, 2.24) is 4.90 Å². The maximum atomic E-state index is 2.88. The van der Waals surface area contributed by atoms with Crippen molar-refractivity contribution >= 4 is 0 Å². The average molecular weight is 372 g/mol. The van der Waals surface area contributed by atoms with Crippen LogP contribution in [0.2, 0.25) is 0 Å². The molecule has 3 unspecified atom stereocenters. The molecule has 0 aromatic carbocycles. The molecule has 154 valence electrons. The van der Waals surface area contributed by atoms with Crippen LogP contribution in [0.15, 0.2) is 23.3 Å². The lowest BCUT2D eigenvalue weighted by Gasteiger charge is -2.46. The molecule has 1 saturated heterocycles. The molecule has 1 saturated carbocycles. The van der Waals surface area contributed by atoms with Crippen LogP contribution in [0, 0.1) is 16.7 Å². The zero-order valence-electron chi connectivity index (χ0n) is 18.9. The molecule has 2 aliphatic carbocycles. The van der Waals surface area contributed by atoms with Gasteiger partial charge in [0, 0.05) is 6.04 Å². The maximum Gasteiger partial charge on any atom is 0.0127 e. The van der Waals surface area contributed by atoms with Crippen molar-refractivity contribution < 1.29 is 0 Å². The van der Waals surface area contributed by atoms with Crippen LogP contribution in [-0.2, 0) is 0 Å². The summed E-state index contributed by atoms with van der Waals surface area (Å²) in [7, 11) is 0. The lowest BCUT2D eigenvalue weighted by Crippen LogP contribution is -2.48. The molecular weight excluding hydrogens is 326 g/mol. The van der Waals surface area contributed by atoms with E-state index in [-0.39, 0.29) is 0 Å². The van der Waals surface area contributed by atoms with Crippen LogP contribution in [0.3, 0.4) is 0 Å². The minimum atomic E-state index is 0.428. The van der Waals surface area contributed by atoms with E-state index >= 15 is 0 Å². The lowest BCUT2D eigenvalue weighted by atomic mass is 9.69. The predicted octanol–water partition coefficient (Wildman–Crippen LogP) is 7.53. The first-order valence-electron chi connectivity index (χ1n) is 12.0. The molecule has 3 aliphatic rings. The van der Waals surface area contributed by atoms with Gasteiger partial charge in [0.05, 0.1) is 0 Å². The highest BCUT2D eigenvalue weighted by Crippen LogP contribution is 2.44. The Balaban J connectivity index is 1.66. The van der Waals surface area contributed by atoms with Crippen LogP contribution in [0.1, 0.15) is 105 Å². The maximum absolute atomic E-state index is 2.88. The summed E-state index contributed by atoms with van der Waals surface area (Å²) in [4.78, 5) is 2.88. The normalized spacial score (nSPS) is 34.9. The van der Waals surface area contributed by atoms with Gasteiger partial charge in [0.25, 0.3) is 0 Å². The number of hydrogen-bond donors (Lipinski definition) is 0. The van der Waals surface area contributed by atoms with E-state index in [2.05, 4.69) is 51.7 Å². The first-order chi connectivity index (χ1) is 12.9. The smallest absolute Gasteiger partial charge is 0.0127 e. The Morgan fingerprint density at radius 1 is 1.04 bits per heavy atom. The molecular formula is C26H45N. The van der Waals surface area contributed by atoms with Crippen LogP contribution >= 0.6 is 0 Å². The number of rotatable bonds is 6. The summed E-state index contributed by atoms with van der Waals surface area (Å²) < 4.78 is 0. The quantitative estimate of drug-likeness (QED) is 0.466. The van der Waals surface area contributed by atoms with E-state index in [0.717, 1.165) is 12.0 Å². The van der Waals surface area contributed by atoms with E-state index in [9.17, 15) is 0 Å². The second-order valence-electron chi connectivity index (χ2n) is 10.8. The molecule has 0 amide bonds. The van der Waals surface area contributed by atoms with Crippen LogP contribution < -0.4 is 0 Å². The molecule has 2 fully saturated rings. The zero-order chi connectivity index (χ0) is 19.5. The predicted molar refractivity (Wildman–Crippen MR) is 119 cm³/mol. The molecule has 1 nitrogen and oxygen atoms in total. The van der Waals surface area contributed by atoms with E-state index in [1.54, 1.807) is 11.1 Å². The molecule has 3 atom stereocenters. The Morgan fingerprint density at radius 3 is 2.41 bits per heavy atom. The summed E-state index contributed by atoms with van der Waals surface area (Å²) in [6.45, 7) is 14.8. The van der Waals surface area contributed by atoms with Gasteiger partial charge >= 0.3 is 0 Å². The van der Waals surface area contributed by atoms with Crippen molar-refractivity contribution in [3.8, 4) is 0 Å². The van der Waals surface area contributed by atoms with Crippen LogP contribution in [0.25, 0.3) is 0 Å². The fraction of sp³-hybridized carbons (Fsp3) is 0.846. The highest BCUT2D eigenvalue weighted by molar-refractivity contribution is 5.33. The summed E-state index contributed by atoms with van der Waals surface area (Å²) in [6, 6.07) is 0.846. The molecule has 0 radical (unpaired) electrons. The minimum absolute atomic E-state index is 0.428. The molecule has 0 spiro atoms. The Kier molecular flexibility index (Phi) is 6.93. The second-order valence-corrected chi connectivity index (χ2v) is 10.8. The van der Waals surface area contributed by atoms with E-state index < -0.39 is 0 Å². The fourth-order valence-electron chi connectivity index (χ4n) is 6.10. The summed E-state index contributed by atoms with van der Waals surface area (Å²) in [6.07, 6.45) is 20.2. The number of hydrogen-bond acceptors (Lipinski definition) is 1. The molecule has 3 rings (SSSR count). The lowest BCUT2D eigenvalue weighted by molar-refractivity contribution is 0.0465. The first-order valence-corrected chi connectivity index (χ1v) is 12.0. The van der Waals surface area contributed by atoms with Crippen molar-refractivity contribution in [2.24, 2.45) is 16.7 Å². The number of likely N-dealkylation sites (tertiary alicyclic amines) is 1. The minimum Gasteiger partial charge on any atom is -0.300 e. The van der Waals surface area contributed by atoms with Crippen molar-refractivity contribution in [3.63, 3.8) is 0 Å². The van der Waals surface area contributed by atoms with E-state index in [1.807, 2.05) is 0 Å². The summed E-state index contributed by atoms with van der Waals surface area (Å²) in [5, 5.41) is 0. The molecule has 0 N–H and O–H groups in total. The Bertz CT molecular complexity index is 545. The van der Waals surface area contributed by atoms with Gasteiger partial charge in [-0.25, -0.2) is 0 Å². The van der Waals surface area contributed by atoms with E-state index in [0.29, 0.717) is 10.8 Å². The van der Waals surface area contributed by atoms with Gasteiger partial charge in [-0.05, 0) is 81.2 Å². The number of nitrogens with zero attached hydrogens (tertiary/aromatic N) is 1. The highest BCUT2D eigenvalue weighted by atomic mass is 15.2. The van der Waals surface area contributed by atoms with Gasteiger partial charge in [-0.15, -0.1) is 0 Å². The average Bonchev–Trinajstić information content (AvgIpc) is 2.64. The zero-order valence-corrected chi connectivity index (χ0v) is 18.9. The van der Waals surface area contributed by atoms with Gasteiger partial charge in [-0.3, -0.25) is 0 Å². The molecule has 1 aliphatic heterocycles. The molecule has 27 heavy (non-hydrogen) atoms. The third kappa shape index (κ3) is 5.08. The van der Waals surface area contributed by atoms with Gasteiger partial charge in [0.15, 0.2) is 0 Å². The standard InChI is InChI=1S/C26H45N/c1-6-13-26(5)14-12-21(20-23(26)7-2)19-22-10-8-9-11-24(22)27-17-15-25(3,4)16-18-27/h12,20,22,24H,6-11,13-19H2,1-5H3. The fourth-order valence-corrected chi connectivity index (χ4v) is 6.10. The van der Waals surface area contributed by atoms with Crippen LogP contribution in [-0.4, -0.2) is 24.0 Å². The number of allylic oxidation sites excluding steroid dienone is 4. The summed E-state index contributed by atoms with van der Waals surface area (Å²) >= 11 is 0. The second kappa shape index (κ2) is 8.85. The van der Waals surface area contributed by atoms with Crippen molar-refractivity contribution in [2.75, 3.05) is 13.1 Å². The largest absolute Gasteiger partial charge is 0.300 e. The topological polar surface area (TPSA) is 3.24 Å². The molecule has 0 aromatic rings. The van der Waals surface area contributed by atoms with Gasteiger partial charge in [-0.2, -0.15) is 0 Å². The van der Waals surface area contributed by atoms with Crippen molar-refractivity contribution in [1.29, 1.82) is 0 Å². The molecule has 1 heterocycles. The first kappa shape index (κ1) is 21.2. The molecule has 0 bridgehead atoms. The summed E-state index contributed by atoms with van der Waals surface area (Å²) in [5.41, 5.74) is 4.37. The van der Waals surface area contributed by atoms with Crippen LogP contribution in [0.5, 0.6) is 0 Å². The van der Waals surface area contributed by atoms with Gasteiger partial charge in [0.1, 0.15) is 0 Å². The van der Waals surface area contributed by atoms with Gasteiger partial charge in [0.2, 0.25) is 0 Å². The third-order valence-corrected chi connectivity index (χ3v) is 8.12. The summed E-state index contributed by atoms with van der Waals surface area (Å²) in [5.74, 6) is 0.885. The highest BCUT2D eigenvalue weighted by Gasteiger charge is 2.35. The van der Waals surface area contributed by atoms with Crippen molar-refractivity contribution in [3.05, 3.63) is 23.3 Å². The SMILES string of the molecule is CCCC1(C)CC=C(CC2CCCCC2N2CCC(C)(C)CC2)C=C1CC. The Hall–Kier alpha value is -0.560. The number of piperidine rings is 1. The molecule has 0 aromatic heterocycles. The Labute approximate surface area is 169 Å². The van der Waals surface area contributed by atoms with Crippen molar-refractivity contribution in [2.45, 2.75) is 111 Å². The van der Waals surface area contributed by atoms with E-state index in [1.165, 1.54) is 83.7 Å². The van der Waals surface area contributed by atoms with Crippen LogP contribution in [0.4, 0.5) is 0 Å². The van der Waals surface area contributed by atoms with Gasteiger partial charge in [-0.1, -0.05) is 77.2 Å². The third-order valence-electron chi connectivity index (χ3n) is 8.12. The monoisotopic (exact) mass is 371 g/mol. The van der Waals surface area contributed by atoms with E-state index in [4.69, 9.17) is 0 Å². The van der Waals surface area contributed by atoms with Gasteiger partial charge < -0.3 is 4.90 Å².